The molecule has 0 saturated carbocycles. The first-order valence-electron chi connectivity index (χ1n) is 9.02. The standard InChI is InChI=1S/C21H23NO6/c1-4-27-21(25)13-9-15-18(12-6-5-7-14(8-12)26-3)17(11-23)28-19(15)16(10-13)20(24)22-2/h5-10,17-18,23H,4,11H2,1-3H3,(H,22,24)/t17-,18?/m0/s1. The molecule has 0 spiro atoms. The van der Waals surface area contributed by atoms with Crippen molar-refractivity contribution in [2.24, 2.45) is 0 Å². The number of esters is 1. The maximum atomic E-state index is 12.4. The van der Waals surface area contributed by atoms with Gasteiger partial charge in [-0.3, -0.25) is 4.79 Å². The van der Waals surface area contributed by atoms with Crippen LogP contribution in [0.2, 0.25) is 0 Å². The molecule has 2 N–H and O–H groups in total. The van der Waals surface area contributed by atoms with Gasteiger partial charge >= 0.3 is 5.97 Å². The molecule has 0 saturated heterocycles. The van der Waals surface area contributed by atoms with Crippen LogP contribution in [-0.4, -0.2) is 50.5 Å². The molecule has 7 heteroatoms. The van der Waals surface area contributed by atoms with Gasteiger partial charge in [0.15, 0.2) is 0 Å². The Morgan fingerprint density at radius 3 is 2.68 bits per heavy atom. The number of rotatable bonds is 6. The van der Waals surface area contributed by atoms with Crippen molar-refractivity contribution in [3.05, 3.63) is 58.7 Å². The average molecular weight is 385 g/mol. The summed E-state index contributed by atoms with van der Waals surface area (Å²) in [4.78, 5) is 24.8. The van der Waals surface area contributed by atoms with E-state index in [9.17, 15) is 14.7 Å². The van der Waals surface area contributed by atoms with Crippen LogP contribution < -0.4 is 14.8 Å². The van der Waals surface area contributed by atoms with Crippen molar-refractivity contribution in [3.63, 3.8) is 0 Å². The fourth-order valence-corrected chi connectivity index (χ4v) is 3.44. The summed E-state index contributed by atoms with van der Waals surface area (Å²) in [5.74, 6) is -0.250. The van der Waals surface area contributed by atoms with Crippen molar-refractivity contribution in [3.8, 4) is 11.5 Å². The molecule has 1 amide bonds. The molecule has 0 radical (unpaired) electrons. The number of amides is 1. The number of benzene rings is 2. The van der Waals surface area contributed by atoms with Crippen molar-refractivity contribution < 1.29 is 28.9 Å². The highest BCUT2D eigenvalue weighted by atomic mass is 16.5. The Labute approximate surface area is 163 Å². The van der Waals surface area contributed by atoms with Gasteiger partial charge in [-0.05, 0) is 36.8 Å². The van der Waals surface area contributed by atoms with E-state index in [1.807, 2.05) is 24.3 Å². The lowest BCUT2D eigenvalue weighted by atomic mass is 9.86. The molecule has 0 fully saturated rings. The number of methoxy groups -OCH3 is 1. The van der Waals surface area contributed by atoms with Crippen molar-refractivity contribution in [1.82, 2.24) is 5.32 Å². The SMILES string of the molecule is CCOC(=O)c1cc(C(=O)NC)c2c(c1)C(c1cccc(OC)c1)[C@H](CO)O2. The molecular formula is C21H23NO6. The monoisotopic (exact) mass is 385 g/mol. The Bertz CT molecular complexity index is 894. The molecule has 2 atom stereocenters. The van der Waals surface area contributed by atoms with Crippen LogP contribution >= 0.6 is 0 Å². The topological polar surface area (TPSA) is 94.1 Å². The fraction of sp³-hybridized carbons (Fsp3) is 0.333. The lowest BCUT2D eigenvalue weighted by Gasteiger charge is -2.18. The number of fused-ring (bicyclic) bond motifs is 1. The van der Waals surface area contributed by atoms with E-state index in [4.69, 9.17) is 14.2 Å². The summed E-state index contributed by atoms with van der Waals surface area (Å²) >= 11 is 0. The molecule has 2 aromatic rings. The van der Waals surface area contributed by atoms with Gasteiger partial charge in [-0.25, -0.2) is 4.79 Å². The molecule has 148 valence electrons. The zero-order valence-electron chi connectivity index (χ0n) is 16.0. The zero-order chi connectivity index (χ0) is 20.3. The van der Waals surface area contributed by atoms with Crippen LogP contribution in [0.25, 0.3) is 0 Å². The van der Waals surface area contributed by atoms with Gasteiger partial charge in [0.1, 0.15) is 17.6 Å². The third kappa shape index (κ3) is 3.53. The number of hydrogen-bond acceptors (Lipinski definition) is 6. The molecule has 1 aliphatic rings. The first kappa shape index (κ1) is 19.7. The van der Waals surface area contributed by atoms with Crippen molar-refractivity contribution >= 4 is 11.9 Å². The second kappa shape index (κ2) is 8.31. The highest BCUT2D eigenvalue weighted by Gasteiger charge is 2.39. The lowest BCUT2D eigenvalue weighted by molar-refractivity contribution is 0.0526. The van der Waals surface area contributed by atoms with Crippen molar-refractivity contribution in [1.29, 1.82) is 0 Å². The van der Waals surface area contributed by atoms with Gasteiger partial charge in [-0.2, -0.15) is 0 Å². The predicted molar refractivity (Wildman–Crippen MR) is 102 cm³/mol. The molecule has 0 bridgehead atoms. The van der Waals surface area contributed by atoms with E-state index in [0.717, 1.165) is 5.56 Å². The molecule has 0 aromatic heterocycles. The first-order chi connectivity index (χ1) is 13.5. The van der Waals surface area contributed by atoms with Gasteiger partial charge < -0.3 is 24.6 Å². The normalized spacial score (nSPS) is 17.4. The highest BCUT2D eigenvalue weighted by molar-refractivity contribution is 6.01. The summed E-state index contributed by atoms with van der Waals surface area (Å²) in [5, 5.41) is 12.5. The maximum absolute atomic E-state index is 12.4. The van der Waals surface area contributed by atoms with Gasteiger partial charge in [0.25, 0.3) is 5.91 Å². The summed E-state index contributed by atoms with van der Waals surface area (Å²) in [6.07, 6.45) is -0.594. The van der Waals surface area contributed by atoms with Gasteiger partial charge in [-0.15, -0.1) is 0 Å². The van der Waals surface area contributed by atoms with Crippen LogP contribution in [0.15, 0.2) is 36.4 Å². The van der Waals surface area contributed by atoms with Crippen LogP contribution in [0.5, 0.6) is 11.5 Å². The van der Waals surface area contributed by atoms with Crippen molar-refractivity contribution in [2.45, 2.75) is 18.9 Å². The lowest BCUT2D eigenvalue weighted by Crippen LogP contribution is -2.24. The summed E-state index contributed by atoms with van der Waals surface area (Å²) in [5.41, 5.74) is 1.98. The van der Waals surface area contributed by atoms with E-state index in [1.54, 1.807) is 20.1 Å². The maximum Gasteiger partial charge on any atom is 0.338 e. The van der Waals surface area contributed by atoms with E-state index in [1.165, 1.54) is 13.1 Å². The number of carbonyl (C=O) groups is 2. The largest absolute Gasteiger partial charge is 0.497 e. The van der Waals surface area contributed by atoms with Crippen LogP contribution in [0.3, 0.4) is 0 Å². The molecular weight excluding hydrogens is 362 g/mol. The first-order valence-corrected chi connectivity index (χ1v) is 9.02. The molecule has 1 heterocycles. The predicted octanol–water partition coefficient (Wildman–Crippen LogP) is 2.12. The molecule has 2 aromatic carbocycles. The van der Waals surface area contributed by atoms with E-state index < -0.39 is 12.1 Å². The zero-order valence-corrected chi connectivity index (χ0v) is 16.0. The number of aliphatic hydroxyl groups is 1. The fourth-order valence-electron chi connectivity index (χ4n) is 3.44. The van der Waals surface area contributed by atoms with E-state index >= 15 is 0 Å². The van der Waals surface area contributed by atoms with Crippen molar-refractivity contribution in [2.75, 3.05) is 27.4 Å². The summed E-state index contributed by atoms with van der Waals surface area (Å²) in [6, 6.07) is 10.5. The second-order valence-corrected chi connectivity index (χ2v) is 6.33. The molecule has 0 aliphatic carbocycles. The summed E-state index contributed by atoms with van der Waals surface area (Å²) in [7, 11) is 3.08. The molecule has 3 rings (SSSR count). The van der Waals surface area contributed by atoms with Crippen LogP contribution in [0.4, 0.5) is 0 Å². The second-order valence-electron chi connectivity index (χ2n) is 6.33. The van der Waals surface area contributed by atoms with E-state index in [-0.39, 0.29) is 36.2 Å². The minimum absolute atomic E-state index is 0.223. The molecule has 1 unspecified atom stereocenters. The molecule has 1 aliphatic heterocycles. The average Bonchev–Trinajstić information content (AvgIpc) is 3.11. The van der Waals surface area contributed by atoms with Gasteiger partial charge in [0, 0.05) is 12.6 Å². The Kier molecular flexibility index (Phi) is 5.84. The Morgan fingerprint density at radius 1 is 1.25 bits per heavy atom. The Morgan fingerprint density at radius 2 is 2.04 bits per heavy atom. The third-order valence-electron chi connectivity index (χ3n) is 4.71. The number of nitrogens with one attached hydrogen (secondary N) is 1. The number of carbonyl (C=O) groups excluding carboxylic acids is 2. The quantitative estimate of drug-likeness (QED) is 0.740. The van der Waals surface area contributed by atoms with E-state index in [0.29, 0.717) is 17.1 Å². The smallest absolute Gasteiger partial charge is 0.338 e. The van der Waals surface area contributed by atoms with Gasteiger partial charge in [0.05, 0.1) is 37.4 Å². The molecule has 7 nitrogen and oxygen atoms in total. The Hall–Kier alpha value is -3.06. The van der Waals surface area contributed by atoms with Gasteiger partial charge in [-0.1, -0.05) is 12.1 Å². The summed E-state index contributed by atoms with van der Waals surface area (Å²) in [6.45, 7) is 1.69. The van der Waals surface area contributed by atoms with Crippen LogP contribution in [-0.2, 0) is 4.74 Å². The summed E-state index contributed by atoms with van der Waals surface area (Å²) < 4.78 is 16.4. The molecule has 28 heavy (non-hydrogen) atoms. The minimum Gasteiger partial charge on any atom is -0.497 e. The number of ether oxygens (including phenoxy) is 3. The third-order valence-corrected chi connectivity index (χ3v) is 4.71. The van der Waals surface area contributed by atoms with Gasteiger partial charge in [0.2, 0.25) is 0 Å². The van der Waals surface area contributed by atoms with Crippen LogP contribution in [0.1, 0.15) is 44.7 Å². The Balaban J connectivity index is 2.19. The highest BCUT2D eigenvalue weighted by Crippen LogP contribution is 2.45. The van der Waals surface area contributed by atoms with E-state index in [2.05, 4.69) is 5.32 Å². The minimum atomic E-state index is -0.594. The van der Waals surface area contributed by atoms with Crippen LogP contribution in [0, 0.1) is 0 Å². The number of hydrogen-bond donors (Lipinski definition) is 2. The number of aliphatic hydroxyl groups excluding tert-OH is 1.